The summed E-state index contributed by atoms with van der Waals surface area (Å²) in [6, 6.07) is 0.534. The van der Waals surface area contributed by atoms with Crippen molar-refractivity contribution in [1.82, 2.24) is 10.6 Å². The number of hydrogen-bond donors (Lipinski definition) is 2. The van der Waals surface area contributed by atoms with E-state index in [-0.39, 0.29) is 11.3 Å². The molecule has 0 heterocycles. The summed E-state index contributed by atoms with van der Waals surface area (Å²) in [5.41, 5.74) is -0.318. The molecule has 2 N–H and O–H groups in total. The van der Waals surface area contributed by atoms with Crippen molar-refractivity contribution >= 4 is 5.91 Å². The Morgan fingerprint density at radius 3 is 2.44 bits per heavy atom. The molecule has 0 aliphatic heterocycles. The van der Waals surface area contributed by atoms with Crippen LogP contribution in [0.3, 0.4) is 0 Å². The van der Waals surface area contributed by atoms with Gasteiger partial charge in [-0.25, -0.2) is 0 Å². The van der Waals surface area contributed by atoms with Crippen LogP contribution in [0.5, 0.6) is 0 Å². The number of amides is 1. The fraction of sp³-hybridized carbons (Fsp3) is 0.923. The van der Waals surface area contributed by atoms with Crippen LogP contribution in [0, 0.1) is 11.3 Å². The van der Waals surface area contributed by atoms with E-state index >= 15 is 0 Å². The van der Waals surface area contributed by atoms with Crippen molar-refractivity contribution in [2.45, 2.75) is 52.5 Å². The molecule has 1 aliphatic rings. The van der Waals surface area contributed by atoms with Gasteiger partial charge >= 0.3 is 0 Å². The fourth-order valence-electron chi connectivity index (χ4n) is 2.46. The quantitative estimate of drug-likeness (QED) is 0.752. The van der Waals surface area contributed by atoms with Crippen LogP contribution in [0.25, 0.3) is 0 Å². The molecule has 0 radical (unpaired) electrons. The molecule has 1 unspecified atom stereocenters. The second-order valence-electron chi connectivity index (χ2n) is 5.68. The lowest BCUT2D eigenvalue weighted by Crippen LogP contribution is -2.45. The van der Waals surface area contributed by atoms with Crippen LogP contribution in [0.4, 0.5) is 0 Å². The van der Waals surface area contributed by atoms with Gasteiger partial charge in [-0.05, 0) is 39.5 Å². The van der Waals surface area contributed by atoms with Crippen molar-refractivity contribution in [2.24, 2.45) is 11.3 Å². The molecule has 3 nitrogen and oxygen atoms in total. The van der Waals surface area contributed by atoms with E-state index < -0.39 is 0 Å². The van der Waals surface area contributed by atoms with E-state index in [0.29, 0.717) is 6.04 Å². The zero-order valence-corrected chi connectivity index (χ0v) is 11.1. The van der Waals surface area contributed by atoms with Crippen LogP contribution in [0.15, 0.2) is 0 Å². The van der Waals surface area contributed by atoms with Gasteiger partial charge in [0.25, 0.3) is 0 Å². The summed E-state index contributed by atoms with van der Waals surface area (Å²) in [5, 5.41) is 6.24. The molecular formula is C13H26N2O. The zero-order valence-electron chi connectivity index (χ0n) is 11.1. The third-order valence-electron chi connectivity index (χ3n) is 3.81. The van der Waals surface area contributed by atoms with E-state index in [1.54, 1.807) is 7.05 Å². The summed E-state index contributed by atoms with van der Waals surface area (Å²) in [6.07, 6.45) is 5.42. The molecule has 0 aromatic rings. The highest BCUT2D eigenvalue weighted by atomic mass is 16.2. The molecule has 3 heteroatoms. The number of hydrogen-bond acceptors (Lipinski definition) is 2. The monoisotopic (exact) mass is 226 g/mol. The average molecular weight is 226 g/mol. The number of nitrogens with one attached hydrogen (secondary N) is 2. The van der Waals surface area contributed by atoms with Crippen molar-refractivity contribution in [3.8, 4) is 0 Å². The molecule has 0 aromatic heterocycles. The van der Waals surface area contributed by atoms with E-state index in [1.807, 2.05) is 13.8 Å². The maximum atomic E-state index is 11.6. The first-order valence-electron chi connectivity index (χ1n) is 6.43. The highest BCUT2D eigenvalue weighted by Crippen LogP contribution is 2.28. The Morgan fingerprint density at radius 2 is 1.94 bits per heavy atom. The van der Waals surface area contributed by atoms with Gasteiger partial charge in [0.05, 0.1) is 5.41 Å². The highest BCUT2D eigenvalue weighted by Gasteiger charge is 2.28. The van der Waals surface area contributed by atoms with Crippen LogP contribution >= 0.6 is 0 Å². The summed E-state index contributed by atoms with van der Waals surface area (Å²) < 4.78 is 0. The van der Waals surface area contributed by atoms with Crippen LogP contribution in [0.2, 0.25) is 0 Å². The van der Waals surface area contributed by atoms with Gasteiger partial charge in [0.2, 0.25) is 5.91 Å². The second kappa shape index (κ2) is 5.67. The SMILES string of the molecule is CNC(=O)C(C)(C)CNC(C)C1CCCC1. The first-order valence-corrected chi connectivity index (χ1v) is 6.43. The summed E-state index contributed by atoms with van der Waals surface area (Å²) >= 11 is 0. The third-order valence-corrected chi connectivity index (χ3v) is 3.81. The fourth-order valence-corrected chi connectivity index (χ4v) is 2.46. The maximum Gasteiger partial charge on any atom is 0.226 e. The lowest BCUT2D eigenvalue weighted by molar-refractivity contribution is -0.128. The average Bonchev–Trinajstić information content (AvgIpc) is 2.78. The lowest BCUT2D eigenvalue weighted by Gasteiger charge is -2.27. The van der Waals surface area contributed by atoms with E-state index in [4.69, 9.17) is 0 Å². The summed E-state index contributed by atoms with van der Waals surface area (Å²) in [7, 11) is 1.70. The molecule has 0 saturated heterocycles. The van der Waals surface area contributed by atoms with Crippen molar-refractivity contribution in [2.75, 3.05) is 13.6 Å². The van der Waals surface area contributed by atoms with Crippen LogP contribution in [0.1, 0.15) is 46.5 Å². The van der Waals surface area contributed by atoms with Crippen LogP contribution < -0.4 is 10.6 Å². The summed E-state index contributed by atoms with van der Waals surface area (Å²) in [5.74, 6) is 0.916. The highest BCUT2D eigenvalue weighted by molar-refractivity contribution is 5.81. The van der Waals surface area contributed by atoms with E-state index in [1.165, 1.54) is 25.7 Å². The summed E-state index contributed by atoms with van der Waals surface area (Å²) in [6.45, 7) is 6.97. The molecule has 1 atom stereocenters. The predicted molar refractivity (Wildman–Crippen MR) is 67.3 cm³/mol. The topological polar surface area (TPSA) is 41.1 Å². The molecule has 0 aromatic carbocycles. The Kier molecular flexibility index (Phi) is 4.78. The minimum Gasteiger partial charge on any atom is -0.359 e. The van der Waals surface area contributed by atoms with Crippen molar-refractivity contribution in [3.05, 3.63) is 0 Å². The van der Waals surface area contributed by atoms with Gasteiger partial charge in [-0.2, -0.15) is 0 Å². The van der Waals surface area contributed by atoms with Gasteiger partial charge in [0.15, 0.2) is 0 Å². The van der Waals surface area contributed by atoms with E-state index in [2.05, 4.69) is 17.6 Å². The number of rotatable bonds is 5. The molecule has 0 bridgehead atoms. The Hall–Kier alpha value is -0.570. The standard InChI is InChI=1S/C13H26N2O/c1-10(11-7-5-6-8-11)15-9-13(2,3)12(16)14-4/h10-11,15H,5-9H2,1-4H3,(H,14,16). The van der Waals surface area contributed by atoms with Gasteiger partial charge in [0, 0.05) is 19.6 Å². The Morgan fingerprint density at radius 1 is 1.38 bits per heavy atom. The molecular weight excluding hydrogens is 200 g/mol. The van der Waals surface area contributed by atoms with Gasteiger partial charge in [0.1, 0.15) is 0 Å². The molecule has 1 amide bonds. The largest absolute Gasteiger partial charge is 0.359 e. The molecule has 1 aliphatic carbocycles. The molecule has 94 valence electrons. The van der Waals surface area contributed by atoms with Gasteiger partial charge in [-0.3, -0.25) is 4.79 Å². The number of carbonyl (C=O) groups is 1. The first kappa shape index (κ1) is 13.5. The molecule has 1 fully saturated rings. The third kappa shape index (κ3) is 3.48. The zero-order chi connectivity index (χ0) is 12.2. The van der Waals surface area contributed by atoms with Crippen LogP contribution in [-0.2, 0) is 4.79 Å². The van der Waals surface area contributed by atoms with Crippen molar-refractivity contribution in [1.29, 1.82) is 0 Å². The normalized spacial score (nSPS) is 19.8. The van der Waals surface area contributed by atoms with Gasteiger partial charge in [-0.1, -0.05) is 12.8 Å². The molecule has 1 rings (SSSR count). The number of carbonyl (C=O) groups excluding carboxylic acids is 1. The Balaban J connectivity index is 2.35. The first-order chi connectivity index (χ1) is 7.47. The Labute approximate surface area is 99.4 Å². The van der Waals surface area contributed by atoms with E-state index in [9.17, 15) is 4.79 Å². The van der Waals surface area contributed by atoms with Crippen molar-refractivity contribution in [3.63, 3.8) is 0 Å². The Bertz CT molecular complexity index is 232. The van der Waals surface area contributed by atoms with E-state index in [0.717, 1.165) is 12.5 Å². The molecule has 16 heavy (non-hydrogen) atoms. The minimum atomic E-state index is -0.318. The van der Waals surface area contributed by atoms with Crippen molar-refractivity contribution < 1.29 is 4.79 Å². The van der Waals surface area contributed by atoms with Gasteiger partial charge in [-0.15, -0.1) is 0 Å². The molecule has 1 saturated carbocycles. The minimum absolute atomic E-state index is 0.110. The van der Waals surface area contributed by atoms with Gasteiger partial charge < -0.3 is 10.6 Å². The maximum absolute atomic E-state index is 11.6. The smallest absolute Gasteiger partial charge is 0.226 e. The summed E-state index contributed by atoms with van der Waals surface area (Å²) in [4.78, 5) is 11.6. The van der Waals surface area contributed by atoms with Crippen LogP contribution in [-0.4, -0.2) is 25.5 Å². The predicted octanol–water partition coefficient (Wildman–Crippen LogP) is 1.93. The lowest BCUT2D eigenvalue weighted by atomic mass is 9.91. The second-order valence-corrected chi connectivity index (χ2v) is 5.68. The molecule has 0 spiro atoms.